The molecule has 2 heterocycles. The van der Waals surface area contributed by atoms with Gasteiger partial charge in [-0.3, -0.25) is 4.98 Å². The maximum Gasteiger partial charge on any atom is 0.0756 e. The highest BCUT2D eigenvalue weighted by molar-refractivity contribution is 5.60. The normalized spacial score (nSPS) is 10.5. The molecular formula is C15H13N3. The van der Waals surface area contributed by atoms with Gasteiger partial charge in [0.2, 0.25) is 0 Å². The van der Waals surface area contributed by atoms with Gasteiger partial charge in [-0.15, -0.1) is 0 Å². The molecule has 0 aliphatic carbocycles. The Morgan fingerprint density at radius 1 is 0.944 bits per heavy atom. The third-order valence-electron chi connectivity index (χ3n) is 2.88. The van der Waals surface area contributed by atoms with Gasteiger partial charge in [0.05, 0.1) is 17.6 Å². The Labute approximate surface area is 106 Å². The van der Waals surface area contributed by atoms with Gasteiger partial charge >= 0.3 is 0 Å². The molecule has 88 valence electrons. The minimum absolute atomic E-state index is 1.05. The van der Waals surface area contributed by atoms with Gasteiger partial charge < -0.3 is 0 Å². The SMILES string of the molecule is Cc1ccc(-n2nccc2-c2cccnc2)cc1. The lowest BCUT2D eigenvalue weighted by Crippen LogP contribution is -1.98. The van der Waals surface area contributed by atoms with E-state index in [1.807, 2.05) is 35.3 Å². The summed E-state index contributed by atoms with van der Waals surface area (Å²) in [5.41, 5.74) is 4.42. The standard InChI is InChI=1S/C15H13N3/c1-12-4-6-14(7-5-12)18-15(8-10-17-18)13-3-2-9-16-11-13/h2-11H,1H3. The highest BCUT2D eigenvalue weighted by atomic mass is 15.3. The van der Waals surface area contributed by atoms with Gasteiger partial charge in [0.1, 0.15) is 0 Å². The number of aromatic nitrogens is 3. The Balaban J connectivity index is 2.10. The van der Waals surface area contributed by atoms with Crippen LogP contribution in [-0.2, 0) is 0 Å². The molecule has 0 spiro atoms. The lowest BCUT2D eigenvalue weighted by molar-refractivity contribution is 0.887. The predicted molar refractivity (Wildman–Crippen MR) is 71.5 cm³/mol. The van der Waals surface area contributed by atoms with Crippen molar-refractivity contribution in [3.05, 3.63) is 66.6 Å². The number of benzene rings is 1. The van der Waals surface area contributed by atoms with Gasteiger partial charge in [-0.25, -0.2) is 4.68 Å². The molecular weight excluding hydrogens is 222 g/mol. The number of aryl methyl sites for hydroxylation is 1. The van der Waals surface area contributed by atoms with Crippen molar-refractivity contribution in [2.24, 2.45) is 0 Å². The van der Waals surface area contributed by atoms with Crippen LogP contribution < -0.4 is 0 Å². The summed E-state index contributed by atoms with van der Waals surface area (Å²) in [6, 6.07) is 14.3. The van der Waals surface area contributed by atoms with E-state index in [0.29, 0.717) is 0 Å². The Kier molecular flexibility index (Phi) is 2.65. The van der Waals surface area contributed by atoms with E-state index in [-0.39, 0.29) is 0 Å². The number of rotatable bonds is 2. The topological polar surface area (TPSA) is 30.7 Å². The molecule has 0 bridgehead atoms. The van der Waals surface area contributed by atoms with Crippen molar-refractivity contribution in [3.8, 4) is 16.9 Å². The molecule has 2 aromatic heterocycles. The van der Waals surface area contributed by atoms with Crippen molar-refractivity contribution >= 4 is 0 Å². The fourth-order valence-electron chi connectivity index (χ4n) is 1.93. The maximum absolute atomic E-state index is 4.38. The Morgan fingerprint density at radius 3 is 2.50 bits per heavy atom. The van der Waals surface area contributed by atoms with E-state index in [4.69, 9.17) is 0 Å². The summed E-state index contributed by atoms with van der Waals surface area (Å²) >= 11 is 0. The molecule has 0 radical (unpaired) electrons. The fraction of sp³-hybridized carbons (Fsp3) is 0.0667. The van der Waals surface area contributed by atoms with Crippen molar-refractivity contribution in [1.29, 1.82) is 0 Å². The summed E-state index contributed by atoms with van der Waals surface area (Å²) in [4.78, 5) is 4.15. The van der Waals surface area contributed by atoms with E-state index >= 15 is 0 Å². The van der Waals surface area contributed by atoms with Crippen LogP contribution in [0.3, 0.4) is 0 Å². The molecule has 3 heteroatoms. The Morgan fingerprint density at radius 2 is 1.78 bits per heavy atom. The Hall–Kier alpha value is -2.42. The second-order valence-corrected chi connectivity index (χ2v) is 4.21. The summed E-state index contributed by atoms with van der Waals surface area (Å²) in [6.07, 6.45) is 5.43. The summed E-state index contributed by atoms with van der Waals surface area (Å²) < 4.78 is 1.93. The second-order valence-electron chi connectivity index (χ2n) is 4.21. The van der Waals surface area contributed by atoms with Crippen molar-refractivity contribution in [1.82, 2.24) is 14.8 Å². The first-order valence-electron chi connectivity index (χ1n) is 5.86. The number of hydrogen-bond donors (Lipinski definition) is 0. The molecule has 0 amide bonds. The zero-order valence-corrected chi connectivity index (χ0v) is 10.1. The Bertz CT molecular complexity index is 639. The van der Waals surface area contributed by atoms with E-state index < -0.39 is 0 Å². The summed E-state index contributed by atoms with van der Waals surface area (Å²) in [5.74, 6) is 0. The third kappa shape index (κ3) is 1.91. The average Bonchev–Trinajstić information content (AvgIpc) is 2.90. The molecule has 0 saturated heterocycles. The van der Waals surface area contributed by atoms with Crippen LogP contribution in [0, 0.1) is 6.92 Å². The molecule has 18 heavy (non-hydrogen) atoms. The van der Waals surface area contributed by atoms with Crippen LogP contribution in [0.25, 0.3) is 16.9 Å². The lowest BCUT2D eigenvalue weighted by Gasteiger charge is -2.07. The zero-order chi connectivity index (χ0) is 12.4. The van der Waals surface area contributed by atoms with Gasteiger partial charge in [-0.2, -0.15) is 5.10 Å². The first-order valence-corrected chi connectivity index (χ1v) is 5.86. The van der Waals surface area contributed by atoms with Crippen LogP contribution in [0.1, 0.15) is 5.56 Å². The molecule has 3 nitrogen and oxygen atoms in total. The van der Waals surface area contributed by atoms with Crippen molar-refractivity contribution in [3.63, 3.8) is 0 Å². The molecule has 0 atom stereocenters. The molecule has 0 saturated carbocycles. The number of nitrogens with zero attached hydrogens (tertiary/aromatic N) is 3. The molecule has 0 unspecified atom stereocenters. The summed E-state index contributed by atoms with van der Waals surface area (Å²) in [7, 11) is 0. The lowest BCUT2D eigenvalue weighted by atomic mass is 10.2. The van der Waals surface area contributed by atoms with Crippen molar-refractivity contribution in [2.75, 3.05) is 0 Å². The van der Waals surface area contributed by atoms with E-state index in [1.165, 1.54) is 5.56 Å². The van der Waals surface area contributed by atoms with E-state index in [1.54, 1.807) is 6.20 Å². The van der Waals surface area contributed by atoms with Gasteiger partial charge in [0.25, 0.3) is 0 Å². The molecule has 0 aliphatic heterocycles. The van der Waals surface area contributed by atoms with E-state index in [2.05, 4.69) is 41.3 Å². The molecule has 0 N–H and O–H groups in total. The highest BCUT2D eigenvalue weighted by Crippen LogP contribution is 2.21. The van der Waals surface area contributed by atoms with Crippen LogP contribution in [0.5, 0.6) is 0 Å². The van der Waals surface area contributed by atoms with Crippen LogP contribution in [0.4, 0.5) is 0 Å². The quantitative estimate of drug-likeness (QED) is 0.682. The maximum atomic E-state index is 4.38. The van der Waals surface area contributed by atoms with Gasteiger partial charge in [-0.05, 0) is 37.3 Å². The first-order chi connectivity index (χ1) is 8.84. The highest BCUT2D eigenvalue weighted by Gasteiger charge is 2.06. The minimum atomic E-state index is 1.05. The van der Waals surface area contributed by atoms with E-state index in [0.717, 1.165) is 16.9 Å². The monoisotopic (exact) mass is 235 g/mol. The first kappa shape index (κ1) is 10.7. The van der Waals surface area contributed by atoms with Gasteiger partial charge in [0, 0.05) is 18.0 Å². The molecule has 0 fully saturated rings. The van der Waals surface area contributed by atoms with E-state index in [9.17, 15) is 0 Å². The third-order valence-corrected chi connectivity index (χ3v) is 2.88. The molecule has 1 aromatic carbocycles. The second kappa shape index (κ2) is 4.45. The number of hydrogen-bond acceptors (Lipinski definition) is 2. The largest absolute Gasteiger partial charge is 0.264 e. The van der Waals surface area contributed by atoms with Crippen LogP contribution in [-0.4, -0.2) is 14.8 Å². The molecule has 3 aromatic rings. The van der Waals surface area contributed by atoms with Crippen LogP contribution in [0.15, 0.2) is 61.1 Å². The fourth-order valence-corrected chi connectivity index (χ4v) is 1.93. The summed E-state index contributed by atoms with van der Waals surface area (Å²) in [5, 5.41) is 4.38. The van der Waals surface area contributed by atoms with Crippen LogP contribution >= 0.6 is 0 Å². The van der Waals surface area contributed by atoms with Gasteiger partial charge in [0.15, 0.2) is 0 Å². The average molecular weight is 235 g/mol. The summed E-state index contributed by atoms with van der Waals surface area (Å²) in [6.45, 7) is 2.08. The molecule has 0 aliphatic rings. The van der Waals surface area contributed by atoms with Crippen molar-refractivity contribution in [2.45, 2.75) is 6.92 Å². The smallest absolute Gasteiger partial charge is 0.0756 e. The van der Waals surface area contributed by atoms with Crippen LogP contribution in [0.2, 0.25) is 0 Å². The molecule has 3 rings (SSSR count). The van der Waals surface area contributed by atoms with Crippen molar-refractivity contribution < 1.29 is 0 Å². The zero-order valence-electron chi connectivity index (χ0n) is 10.1. The van der Waals surface area contributed by atoms with Gasteiger partial charge in [-0.1, -0.05) is 17.7 Å². The number of pyridine rings is 1. The minimum Gasteiger partial charge on any atom is -0.264 e. The predicted octanol–water partition coefficient (Wildman–Crippen LogP) is 3.24.